The van der Waals surface area contributed by atoms with E-state index in [4.69, 9.17) is 5.11 Å². The molecule has 3 N–H and O–H groups in total. The molecule has 0 radical (unpaired) electrons. The van der Waals surface area contributed by atoms with Gasteiger partial charge in [0.05, 0.1) is 0 Å². The lowest BCUT2D eigenvalue weighted by atomic mass is 9.94. The number of hydrogen-bond donors (Lipinski definition) is 3. The van der Waals surface area contributed by atoms with Crippen LogP contribution >= 0.6 is 0 Å². The molecule has 0 amide bonds. The smallest absolute Gasteiger partial charge is 0.337 e. The first-order valence-corrected chi connectivity index (χ1v) is 5.08. The summed E-state index contributed by atoms with van der Waals surface area (Å²) in [5.74, 6) is -1.06. The standard InChI is InChI=1S/C12H16O4/c1-6(2)9-5-8(11(14)12(15)16)4-7(3)10(9)13/h4-6,11,13-14H,1-3H3,(H,15,16)/t11-/m1/s1. The molecule has 0 unspecified atom stereocenters. The summed E-state index contributed by atoms with van der Waals surface area (Å²) < 4.78 is 0. The molecule has 0 heterocycles. The Kier molecular flexibility index (Phi) is 3.55. The minimum Gasteiger partial charge on any atom is -0.507 e. The minimum atomic E-state index is -1.54. The molecule has 0 aliphatic carbocycles. The number of rotatable bonds is 3. The number of phenolic OH excluding ortho intramolecular Hbond substituents is 1. The van der Waals surface area contributed by atoms with Gasteiger partial charge in [-0.25, -0.2) is 4.79 Å². The Morgan fingerprint density at radius 2 is 1.88 bits per heavy atom. The highest BCUT2D eigenvalue weighted by molar-refractivity contribution is 5.74. The third kappa shape index (κ3) is 2.33. The maximum atomic E-state index is 10.7. The van der Waals surface area contributed by atoms with Crippen molar-refractivity contribution >= 4 is 5.97 Å². The van der Waals surface area contributed by atoms with Gasteiger partial charge in [0.25, 0.3) is 0 Å². The number of carbonyl (C=O) groups is 1. The summed E-state index contributed by atoms with van der Waals surface area (Å²) in [6.45, 7) is 5.47. The van der Waals surface area contributed by atoms with Crippen molar-refractivity contribution in [2.75, 3.05) is 0 Å². The van der Waals surface area contributed by atoms with Gasteiger partial charge in [-0.2, -0.15) is 0 Å². The zero-order valence-corrected chi connectivity index (χ0v) is 9.56. The molecule has 0 saturated heterocycles. The van der Waals surface area contributed by atoms with Gasteiger partial charge in [-0.15, -0.1) is 0 Å². The van der Waals surface area contributed by atoms with Gasteiger partial charge in [0.2, 0.25) is 0 Å². The maximum Gasteiger partial charge on any atom is 0.337 e. The minimum absolute atomic E-state index is 0.0691. The van der Waals surface area contributed by atoms with E-state index in [0.717, 1.165) is 0 Å². The highest BCUT2D eigenvalue weighted by atomic mass is 16.4. The maximum absolute atomic E-state index is 10.7. The van der Waals surface area contributed by atoms with Gasteiger partial charge >= 0.3 is 5.97 Å². The predicted molar refractivity (Wildman–Crippen MR) is 59.5 cm³/mol. The summed E-state index contributed by atoms with van der Waals surface area (Å²) >= 11 is 0. The number of aliphatic carboxylic acids is 1. The van der Waals surface area contributed by atoms with Crippen LogP contribution < -0.4 is 0 Å². The zero-order valence-electron chi connectivity index (χ0n) is 9.56. The summed E-state index contributed by atoms with van der Waals surface area (Å²) in [4.78, 5) is 10.7. The van der Waals surface area contributed by atoms with Crippen molar-refractivity contribution in [2.24, 2.45) is 0 Å². The lowest BCUT2D eigenvalue weighted by Crippen LogP contribution is -2.11. The topological polar surface area (TPSA) is 77.8 Å². The van der Waals surface area contributed by atoms with E-state index in [9.17, 15) is 15.0 Å². The predicted octanol–water partition coefficient (Wildman–Crippen LogP) is 1.94. The number of aliphatic hydroxyl groups is 1. The third-order valence-electron chi connectivity index (χ3n) is 2.52. The first-order valence-electron chi connectivity index (χ1n) is 5.08. The van der Waals surface area contributed by atoms with Crippen molar-refractivity contribution < 1.29 is 20.1 Å². The number of carboxylic acids is 1. The fourth-order valence-corrected chi connectivity index (χ4v) is 1.58. The van der Waals surface area contributed by atoms with Crippen LogP contribution in [-0.4, -0.2) is 21.3 Å². The van der Waals surface area contributed by atoms with E-state index in [1.807, 2.05) is 13.8 Å². The fourth-order valence-electron chi connectivity index (χ4n) is 1.58. The van der Waals surface area contributed by atoms with Crippen LogP contribution in [0.5, 0.6) is 5.75 Å². The van der Waals surface area contributed by atoms with Crippen LogP contribution in [0, 0.1) is 6.92 Å². The third-order valence-corrected chi connectivity index (χ3v) is 2.52. The molecule has 1 atom stereocenters. The molecule has 0 saturated carbocycles. The number of hydrogen-bond acceptors (Lipinski definition) is 3. The highest BCUT2D eigenvalue weighted by Gasteiger charge is 2.19. The van der Waals surface area contributed by atoms with E-state index in [1.165, 1.54) is 12.1 Å². The Morgan fingerprint density at radius 3 is 2.31 bits per heavy atom. The molecule has 0 aliphatic rings. The van der Waals surface area contributed by atoms with Gasteiger partial charge in [-0.05, 0) is 41.7 Å². The molecule has 0 bridgehead atoms. The van der Waals surface area contributed by atoms with Crippen LogP contribution in [0.4, 0.5) is 0 Å². The lowest BCUT2D eigenvalue weighted by molar-refractivity contribution is -0.146. The molecule has 1 aromatic rings. The van der Waals surface area contributed by atoms with Crippen molar-refractivity contribution in [3.63, 3.8) is 0 Å². The van der Waals surface area contributed by atoms with E-state index < -0.39 is 12.1 Å². The lowest BCUT2D eigenvalue weighted by Gasteiger charge is -2.14. The van der Waals surface area contributed by atoms with Gasteiger partial charge in [0.15, 0.2) is 6.10 Å². The van der Waals surface area contributed by atoms with Crippen LogP contribution in [0.3, 0.4) is 0 Å². The molecular formula is C12H16O4. The summed E-state index contributed by atoms with van der Waals surface area (Å²) in [7, 11) is 0. The van der Waals surface area contributed by atoms with Crippen LogP contribution in [0.2, 0.25) is 0 Å². The van der Waals surface area contributed by atoms with Gasteiger partial charge in [0, 0.05) is 0 Å². The van der Waals surface area contributed by atoms with Gasteiger partial charge in [-0.3, -0.25) is 0 Å². The van der Waals surface area contributed by atoms with E-state index in [1.54, 1.807) is 6.92 Å². The number of aliphatic hydroxyl groups excluding tert-OH is 1. The molecule has 4 nitrogen and oxygen atoms in total. The summed E-state index contributed by atoms with van der Waals surface area (Å²) in [5.41, 5.74) is 1.52. The molecule has 0 aromatic heterocycles. The summed E-state index contributed by atoms with van der Waals surface area (Å²) in [5, 5.41) is 27.9. The molecule has 1 rings (SSSR count). The Balaban J connectivity index is 3.29. The normalized spacial score (nSPS) is 12.8. The average molecular weight is 224 g/mol. The number of carboxylic acid groups (broad SMARTS) is 1. The first-order chi connectivity index (χ1) is 7.34. The molecular weight excluding hydrogens is 208 g/mol. The first kappa shape index (κ1) is 12.5. The van der Waals surface area contributed by atoms with Gasteiger partial charge in [-0.1, -0.05) is 13.8 Å². The quantitative estimate of drug-likeness (QED) is 0.733. The molecule has 4 heteroatoms. The van der Waals surface area contributed by atoms with Crippen LogP contribution in [0.25, 0.3) is 0 Å². The second-order valence-electron chi connectivity index (χ2n) is 4.17. The molecule has 0 spiro atoms. The van der Waals surface area contributed by atoms with Crippen molar-refractivity contribution in [3.8, 4) is 5.75 Å². The molecule has 16 heavy (non-hydrogen) atoms. The Labute approximate surface area is 94.2 Å². The van der Waals surface area contributed by atoms with Crippen LogP contribution in [-0.2, 0) is 4.79 Å². The summed E-state index contributed by atoms with van der Waals surface area (Å²) in [6, 6.07) is 3.02. The number of aryl methyl sites for hydroxylation is 1. The Hall–Kier alpha value is -1.55. The Bertz CT molecular complexity index is 410. The fraction of sp³-hybridized carbons (Fsp3) is 0.417. The van der Waals surface area contributed by atoms with E-state index in [2.05, 4.69) is 0 Å². The molecule has 1 aromatic carbocycles. The average Bonchev–Trinajstić information content (AvgIpc) is 2.20. The van der Waals surface area contributed by atoms with Crippen molar-refractivity contribution in [1.29, 1.82) is 0 Å². The monoisotopic (exact) mass is 224 g/mol. The van der Waals surface area contributed by atoms with Crippen molar-refractivity contribution in [1.82, 2.24) is 0 Å². The van der Waals surface area contributed by atoms with E-state index in [-0.39, 0.29) is 11.7 Å². The summed E-state index contributed by atoms with van der Waals surface area (Å²) in [6.07, 6.45) is -1.54. The van der Waals surface area contributed by atoms with Gasteiger partial charge < -0.3 is 15.3 Å². The second-order valence-corrected chi connectivity index (χ2v) is 4.17. The van der Waals surface area contributed by atoms with Crippen LogP contribution in [0.15, 0.2) is 12.1 Å². The van der Waals surface area contributed by atoms with E-state index in [0.29, 0.717) is 16.7 Å². The molecule has 0 fully saturated rings. The number of aromatic hydroxyl groups is 1. The van der Waals surface area contributed by atoms with Crippen LogP contribution in [0.1, 0.15) is 42.6 Å². The van der Waals surface area contributed by atoms with E-state index >= 15 is 0 Å². The van der Waals surface area contributed by atoms with Crippen molar-refractivity contribution in [3.05, 3.63) is 28.8 Å². The van der Waals surface area contributed by atoms with Gasteiger partial charge in [0.1, 0.15) is 5.75 Å². The highest BCUT2D eigenvalue weighted by Crippen LogP contribution is 2.32. The van der Waals surface area contributed by atoms with Crippen molar-refractivity contribution in [2.45, 2.75) is 32.8 Å². The molecule has 0 aliphatic heterocycles. The number of benzene rings is 1. The number of phenols is 1. The SMILES string of the molecule is Cc1cc([C@@H](O)C(=O)O)cc(C(C)C)c1O. The molecule has 88 valence electrons. The largest absolute Gasteiger partial charge is 0.507 e. The second kappa shape index (κ2) is 4.53. The Morgan fingerprint density at radius 1 is 1.31 bits per heavy atom. The zero-order chi connectivity index (χ0) is 12.5.